The molecule has 1 fully saturated rings. The second kappa shape index (κ2) is 4.75. The fraction of sp³-hybridized carbons (Fsp3) is 0.412. The van der Waals surface area contributed by atoms with Gasteiger partial charge in [-0.15, -0.1) is 0 Å². The number of H-pyrrole nitrogens is 1. The fourth-order valence-electron chi connectivity index (χ4n) is 3.45. The Labute approximate surface area is 133 Å². The molecule has 0 bridgehead atoms. The molecule has 0 aromatic carbocycles. The highest BCUT2D eigenvalue weighted by Gasteiger charge is 2.38. The van der Waals surface area contributed by atoms with Crippen molar-refractivity contribution in [2.24, 2.45) is 5.41 Å². The highest BCUT2D eigenvalue weighted by Crippen LogP contribution is 2.49. The summed E-state index contributed by atoms with van der Waals surface area (Å²) in [7, 11) is 0. The maximum Gasteiger partial charge on any atom is 0.262 e. The van der Waals surface area contributed by atoms with Gasteiger partial charge in [-0.05, 0) is 36.8 Å². The van der Waals surface area contributed by atoms with E-state index in [1.165, 1.54) is 0 Å². The summed E-state index contributed by atoms with van der Waals surface area (Å²) in [6, 6.07) is 1.92. The van der Waals surface area contributed by atoms with E-state index in [-0.39, 0.29) is 5.56 Å². The molecular weight excluding hydrogens is 290 g/mol. The lowest BCUT2D eigenvalue weighted by molar-refractivity contribution is 0.145. The third-order valence-corrected chi connectivity index (χ3v) is 4.68. The highest BCUT2D eigenvalue weighted by atomic mass is 16.1. The number of aryl methyl sites for hydroxylation is 1. The molecule has 1 aliphatic carbocycles. The number of nitrogens with zero attached hydrogens (tertiary/aromatic N) is 4. The first kappa shape index (κ1) is 14.1. The molecule has 0 unspecified atom stereocenters. The minimum absolute atomic E-state index is 0.123. The quantitative estimate of drug-likeness (QED) is 0.789. The molecule has 0 atom stereocenters. The molecule has 1 aliphatic rings. The summed E-state index contributed by atoms with van der Waals surface area (Å²) < 4.78 is 1.71. The van der Waals surface area contributed by atoms with Crippen LogP contribution in [0, 0.1) is 12.3 Å². The van der Waals surface area contributed by atoms with Crippen LogP contribution in [-0.4, -0.2) is 24.7 Å². The van der Waals surface area contributed by atoms with Gasteiger partial charge in [0.25, 0.3) is 5.56 Å². The maximum atomic E-state index is 12.4. The number of aromatic nitrogens is 5. The van der Waals surface area contributed by atoms with Crippen molar-refractivity contribution in [3.05, 3.63) is 46.4 Å². The lowest BCUT2D eigenvalue weighted by Crippen LogP contribution is -2.32. The van der Waals surface area contributed by atoms with Crippen molar-refractivity contribution in [3.8, 4) is 5.69 Å². The molecule has 0 amide bonds. The zero-order valence-corrected chi connectivity index (χ0v) is 13.5. The molecule has 0 saturated heterocycles. The fourth-order valence-corrected chi connectivity index (χ4v) is 3.45. The maximum absolute atomic E-state index is 12.4. The molecule has 0 radical (unpaired) electrons. The Morgan fingerprint density at radius 1 is 1.30 bits per heavy atom. The lowest BCUT2D eigenvalue weighted by Gasteiger charge is -2.41. The van der Waals surface area contributed by atoms with Gasteiger partial charge in [0, 0.05) is 12.1 Å². The summed E-state index contributed by atoms with van der Waals surface area (Å²) in [4.78, 5) is 24.2. The van der Waals surface area contributed by atoms with Gasteiger partial charge in [0.15, 0.2) is 5.65 Å². The summed E-state index contributed by atoms with van der Waals surface area (Å²) in [5, 5.41) is 4.86. The third-order valence-electron chi connectivity index (χ3n) is 4.68. The third kappa shape index (κ3) is 2.25. The Morgan fingerprint density at radius 3 is 2.78 bits per heavy atom. The molecule has 0 aliphatic heterocycles. The SMILES string of the molecule is Cc1ccncc1-n1ncc2c(=O)[nH]c(C3CC(C)(C)C3)nc21. The van der Waals surface area contributed by atoms with Gasteiger partial charge in [0.1, 0.15) is 11.2 Å². The number of hydrogen-bond donors (Lipinski definition) is 1. The number of aromatic amines is 1. The Bertz CT molecular complexity index is 945. The number of nitrogens with one attached hydrogen (secondary N) is 1. The summed E-state index contributed by atoms with van der Waals surface area (Å²) in [6.45, 7) is 6.47. The van der Waals surface area contributed by atoms with Gasteiger partial charge in [-0.1, -0.05) is 13.8 Å². The summed E-state index contributed by atoms with van der Waals surface area (Å²) in [5.41, 5.74) is 2.70. The molecule has 6 heteroatoms. The zero-order chi connectivity index (χ0) is 16.2. The molecule has 3 heterocycles. The van der Waals surface area contributed by atoms with Crippen LogP contribution in [0.1, 0.15) is 44.0 Å². The standard InChI is InChI=1S/C17H19N5O/c1-10-4-5-18-9-13(10)22-15-12(8-19-22)16(23)21-14(20-15)11-6-17(2,3)7-11/h4-5,8-9,11H,6-7H2,1-3H3,(H,20,21,23). The van der Waals surface area contributed by atoms with E-state index >= 15 is 0 Å². The Balaban J connectivity index is 1.87. The molecule has 118 valence electrons. The summed E-state index contributed by atoms with van der Waals surface area (Å²) >= 11 is 0. The molecule has 4 rings (SSSR count). The van der Waals surface area contributed by atoms with Crippen LogP contribution in [0.3, 0.4) is 0 Å². The van der Waals surface area contributed by atoms with E-state index in [4.69, 9.17) is 4.98 Å². The largest absolute Gasteiger partial charge is 0.310 e. The second-order valence-electron chi connectivity index (χ2n) is 7.18. The predicted octanol–water partition coefficient (Wildman–Crippen LogP) is 2.72. The first-order chi connectivity index (χ1) is 10.9. The molecular formula is C17H19N5O. The minimum atomic E-state index is -0.123. The van der Waals surface area contributed by atoms with Crippen molar-refractivity contribution < 1.29 is 0 Å². The first-order valence-electron chi connectivity index (χ1n) is 7.83. The van der Waals surface area contributed by atoms with Gasteiger partial charge in [0.2, 0.25) is 0 Å². The average molecular weight is 309 g/mol. The van der Waals surface area contributed by atoms with Gasteiger partial charge < -0.3 is 4.98 Å². The topological polar surface area (TPSA) is 76.5 Å². The van der Waals surface area contributed by atoms with Gasteiger partial charge in [-0.2, -0.15) is 5.10 Å². The monoisotopic (exact) mass is 309 g/mol. The van der Waals surface area contributed by atoms with E-state index in [0.717, 1.165) is 29.9 Å². The minimum Gasteiger partial charge on any atom is -0.310 e. The lowest BCUT2D eigenvalue weighted by atomic mass is 9.64. The van der Waals surface area contributed by atoms with Crippen LogP contribution in [0.15, 0.2) is 29.5 Å². The molecule has 23 heavy (non-hydrogen) atoms. The van der Waals surface area contributed by atoms with Crippen LogP contribution in [0.2, 0.25) is 0 Å². The van der Waals surface area contributed by atoms with Crippen LogP contribution in [-0.2, 0) is 0 Å². The molecule has 1 N–H and O–H groups in total. The Hall–Kier alpha value is -2.50. The smallest absolute Gasteiger partial charge is 0.262 e. The molecule has 3 aromatic rings. The van der Waals surface area contributed by atoms with Gasteiger partial charge >= 0.3 is 0 Å². The predicted molar refractivity (Wildman–Crippen MR) is 87.8 cm³/mol. The van der Waals surface area contributed by atoms with E-state index in [2.05, 4.69) is 28.9 Å². The number of pyridine rings is 1. The van der Waals surface area contributed by atoms with Crippen molar-refractivity contribution in [1.29, 1.82) is 0 Å². The van der Waals surface area contributed by atoms with Crippen molar-refractivity contribution >= 4 is 11.0 Å². The average Bonchev–Trinajstić information content (AvgIpc) is 2.89. The second-order valence-corrected chi connectivity index (χ2v) is 7.18. The van der Waals surface area contributed by atoms with Crippen LogP contribution >= 0.6 is 0 Å². The van der Waals surface area contributed by atoms with Crippen molar-refractivity contribution in [3.63, 3.8) is 0 Å². The van der Waals surface area contributed by atoms with Crippen LogP contribution in [0.4, 0.5) is 0 Å². The van der Waals surface area contributed by atoms with E-state index < -0.39 is 0 Å². The van der Waals surface area contributed by atoms with E-state index in [0.29, 0.717) is 22.4 Å². The van der Waals surface area contributed by atoms with Crippen molar-refractivity contribution in [2.75, 3.05) is 0 Å². The Kier molecular flexibility index (Phi) is 2.91. The summed E-state index contributed by atoms with van der Waals surface area (Å²) in [5.74, 6) is 1.09. The van der Waals surface area contributed by atoms with E-state index in [9.17, 15) is 4.79 Å². The number of fused-ring (bicyclic) bond motifs is 1. The van der Waals surface area contributed by atoms with Gasteiger partial charge in [-0.25, -0.2) is 9.67 Å². The Morgan fingerprint density at radius 2 is 2.09 bits per heavy atom. The van der Waals surface area contributed by atoms with Crippen LogP contribution in [0.25, 0.3) is 16.7 Å². The number of rotatable bonds is 2. The normalized spacial score (nSPS) is 17.3. The van der Waals surface area contributed by atoms with E-state index in [1.54, 1.807) is 23.3 Å². The molecule has 3 aromatic heterocycles. The first-order valence-corrected chi connectivity index (χ1v) is 7.83. The molecule has 0 spiro atoms. The highest BCUT2D eigenvalue weighted by molar-refractivity contribution is 5.75. The van der Waals surface area contributed by atoms with Gasteiger partial charge in [-0.3, -0.25) is 9.78 Å². The summed E-state index contributed by atoms with van der Waals surface area (Å²) in [6.07, 6.45) is 7.15. The van der Waals surface area contributed by atoms with E-state index in [1.807, 2.05) is 13.0 Å². The van der Waals surface area contributed by atoms with Crippen molar-refractivity contribution in [1.82, 2.24) is 24.7 Å². The van der Waals surface area contributed by atoms with Crippen molar-refractivity contribution in [2.45, 2.75) is 39.5 Å². The zero-order valence-electron chi connectivity index (χ0n) is 13.5. The molecule has 1 saturated carbocycles. The van der Waals surface area contributed by atoms with Gasteiger partial charge in [0.05, 0.1) is 18.1 Å². The number of hydrogen-bond acceptors (Lipinski definition) is 4. The van der Waals surface area contributed by atoms with Crippen LogP contribution in [0.5, 0.6) is 0 Å². The molecule has 6 nitrogen and oxygen atoms in total. The van der Waals surface area contributed by atoms with Crippen LogP contribution < -0.4 is 5.56 Å².